The van der Waals surface area contributed by atoms with Gasteiger partial charge in [-0.25, -0.2) is 4.79 Å². The zero-order valence-electron chi connectivity index (χ0n) is 12.5. The van der Waals surface area contributed by atoms with Gasteiger partial charge in [-0.2, -0.15) is 5.26 Å². The lowest BCUT2D eigenvalue weighted by Gasteiger charge is -2.13. The molecule has 1 aliphatic carbocycles. The number of H-pyrrole nitrogens is 1. The summed E-state index contributed by atoms with van der Waals surface area (Å²) in [4.78, 5) is 27.1. The molecule has 0 saturated heterocycles. The second-order valence-corrected chi connectivity index (χ2v) is 6.74. The summed E-state index contributed by atoms with van der Waals surface area (Å²) >= 11 is 3.46. The predicted octanol–water partition coefficient (Wildman–Crippen LogP) is 3.19. The van der Waals surface area contributed by atoms with Crippen LogP contribution in [-0.2, 0) is 0 Å². The third-order valence-corrected chi connectivity index (χ3v) is 4.98. The van der Waals surface area contributed by atoms with E-state index < -0.39 is 11.2 Å². The first-order valence-corrected chi connectivity index (χ1v) is 8.37. The molecule has 0 spiro atoms. The summed E-state index contributed by atoms with van der Waals surface area (Å²) in [7, 11) is 0. The summed E-state index contributed by atoms with van der Waals surface area (Å²) in [5.41, 5.74) is 1.62. The molecule has 1 heterocycles. The highest BCUT2D eigenvalue weighted by Crippen LogP contribution is 2.42. The number of nitrogens with one attached hydrogen (secondary N) is 1. The Labute approximate surface area is 145 Å². The molecule has 24 heavy (non-hydrogen) atoms. The Morgan fingerprint density at radius 1 is 1.21 bits per heavy atom. The van der Waals surface area contributed by atoms with Crippen LogP contribution in [0.1, 0.15) is 29.9 Å². The quantitative estimate of drug-likeness (QED) is 0.740. The fourth-order valence-electron chi connectivity index (χ4n) is 3.00. The smallest absolute Gasteiger partial charge is 0.273 e. The Morgan fingerprint density at radius 3 is 2.62 bits per heavy atom. The van der Waals surface area contributed by atoms with Crippen molar-refractivity contribution in [1.29, 1.82) is 5.26 Å². The van der Waals surface area contributed by atoms with Gasteiger partial charge < -0.3 is 0 Å². The Balaban J connectivity index is 2.16. The number of aromatic amines is 1. The summed E-state index contributed by atoms with van der Waals surface area (Å²) in [5, 5.41) is 9.73. The molecule has 1 N–H and O–H groups in total. The van der Waals surface area contributed by atoms with E-state index in [4.69, 9.17) is 0 Å². The molecule has 4 rings (SSSR count). The van der Waals surface area contributed by atoms with E-state index >= 15 is 0 Å². The van der Waals surface area contributed by atoms with Crippen LogP contribution in [-0.4, -0.2) is 9.55 Å². The maximum Gasteiger partial charge on any atom is 0.333 e. The van der Waals surface area contributed by atoms with E-state index in [0.717, 1.165) is 22.9 Å². The van der Waals surface area contributed by atoms with E-state index in [9.17, 15) is 14.9 Å². The minimum absolute atomic E-state index is 0.339. The normalized spacial score (nSPS) is 13.8. The molecule has 1 aromatic heterocycles. The van der Waals surface area contributed by atoms with Crippen LogP contribution in [0.3, 0.4) is 0 Å². The lowest BCUT2D eigenvalue weighted by atomic mass is 10.0. The summed E-state index contributed by atoms with van der Waals surface area (Å²) in [6, 6.07) is 12.9. The van der Waals surface area contributed by atoms with Gasteiger partial charge in [0.1, 0.15) is 0 Å². The van der Waals surface area contributed by atoms with E-state index in [1.165, 1.54) is 4.57 Å². The summed E-state index contributed by atoms with van der Waals surface area (Å²) in [6.45, 7) is 0. The molecule has 1 aliphatic rings. The van der Waals surface area contributed by atoms with Crippen molar-refractivity contribution in [3.05, 3.63) is 72.8 Å². The van der Waals surface area contributed by atoms with Gasteiger partial charge in [0.15, 0.2) is 0 Å². The molecule has 0 radical (unpaired) electrons. The fourth-order valence-corrected chi connectivity index (χ4v) is 3.46. The van der Waals surface area contributed by atoms with Crippen LogP contribution in [0, 0.1) is 11.3 Å². The van der Waals surface area contributed by atoms with Gasteiger partial charge in [0.2, 0.25) is 0 Å². The molecule has 118 valence electrons. The Morgan fingerprint density at radius 2 is 1.96 bits per heavy atom. The van der Waals surface area contributed by atoms with Gasteiger partial charge in [-0.05, 0) is 64.5 Å². The third-order valence-electron chi connectivity index (χ3n) is 4.31. The first-order valence-electron chi connectivity index (χ1n) is 7.58. The third kappa shape index (κ3) is 2.29. The zero-order valence-corrected chi connectivity index (χ0v) is 14.1. The number of rotatable bonds is 2. The molecule has 0 unspecified atom stereocenters. The van der Waals surface area contributed by atoms with E-state index in [1.54, 1.807) is 12.1 Å². The number of hydrogen-bond donors (Lipinski definition) is 1. The van der Waals surface area contributed by atoms with Crippen LogP contribution in [0.4, 0.5) is 0 Å². The van der Waals surface area contributed by atoms with E-state index in [1.807, 2.05) is 24.3 Å². The van der Waals surface area contributed by atoms with Crippen molar-refractivity contribution >= 4 is 26.8 Å². The molecule has 1 saturated carbocycles. The van der Waals surface area contributed by atoms with Crippen molar-refractivity contribution in [1.82, 2.24) is 9.55 Å². The first kappa shape index (κ1) is 14.9. The molecular formula is C18H12BrN3O2. The van der Waals surface area contributed by atoms with Crippen molar-refractivity contribution < 1.29 is 0 Å². The van der Waals surface area contributed by atoms with Crippen LogP contribution >= 0.6 is 15.9 Å². The second-order valence-electron chi connectivity index (χ2n) is 5.89. The Bertz CT molecular complexity index is 1130. The highest BCUT2D eigenvalue weighted by Gasteiger charge is 2.27. The van der Waals surface area contributed by atoms with Crippen LogP contribution in [0.25, 0.3) is 16.6 Å². The number of hydrogen-bond acceptors (Lipinski definition) is 3. The predicted molar refractivity (Wildman–Crippen MR) is 94.6 cm³/mol. The van der Waals surface area contributed by atoms with Gasteiger partial charge in [0.05, 0.1) is 28.2 Å². The van der Waals surface area contributed by atoms with E-state index in [-0.39, 0.29) is 0 Å². The molecule has 6 heteroatoms. The number of nitriles is 1. The fraction of sp³-hybridized carbons (Fsp3) is 0.167. The van der Waals surface area contributed by atoms with Crippen LogP contribution < -0.4 is 11.2 Å². The van der Waals surface area contributed by atoms with Gasteiger partial charge in [-0.15, -0.1) is 0 Å². The molecule has 0 bridgehead atoms. The Hall–Kier alpha value is -2.65. The minimum Gasteiger partial charge on any atom is -0.273 e. The largest absolute Gasteiger partial charge is 0.333 e. The van der Waals surface area contributed by atoms with Crippen molar-refractivity contribution in [3.63, 3.8) is 0 Å². The topological polar surface area (TPSA) is 78.7 Å². The molecule has 0 aliphatic heterocycles. The molecule has 2 aromatic carbocycles. The summed E-state index contributed by atoms with van der Waals surface area (Å²) in [5.74, 6) is 0.339. The van der Waals surface area contributed by atoms with Gasteiger partial charge in [0.25, 0.3) is 5.56 Å². The first-order chi connectivity index (χ1) is 11.6. The van der Waals surface area contributed by atoms with Gasteiger partial charge in [-0.1, -0.05) is 12.1 Å². The number of halogens is 1. The van der Waals surface area contributed by atoms with Crippen LogP contribution in [0.2, 0.25) is 0 Å². The maximum atomic E-state index is 12.5. The van der Waals surface area contributed by atoms with Gasteiger partial charge in [0, 0.05) is 4.47 Å². The van der Waals surface area contributed by atoms with Crippen molar-refractivity contribution in [2.75, 3.05) is 0 Å². The number of fused-ring (bicyclic) bond motifs is 1. The summed E-state index contributed by atoms with van der Waals surface area (Å²) < 4.78 is 2.23. The number of para-hydroxylation sites is 1. The highest BCUT2D eigenvalue weighted by atomic mass is 79.9. The number of nitrogens with zero attached hydrogens (tertiary/aromatic N) is 2. The number of benzene rings is 2. The van der Waals surface area contributed by atoms with Crippen molar-refractivity contribution in [2.24, 2.45) is 0 Å². The zero-order chi connectivity index (χ0) is 16.8. The molecule has 1 fully saturated rings. The highest BCUT2D eigenvalue weighted by molar-refractivity contribution is 9.10. The monoisotopic (exact) mass is 381 g/mol. The SMILES string of the molecule is N#Cc1cc2c(=O)[nH]c(=O)n(-c3ccccc3Br)c2cc1C1CC1. The van der Waals surface area contributed by atoms with Gasteiger partial charge in [-0.3, -0.25) is 14.3 Å². The molecule has 3 aromatic rings. The lowest BCUT2D eigenvalue weighted by Crippen LogP contribution is -2.29. The average Bonchev–Trinajstić information content (AvgIpc) is 3.40. The minimum atomic E-state index is -0.495. The average molecular weight is 382 g/mol. The van der Waals surface area contributed by atoms with Crippen LogP contribution in [0.15, 0.2) is 50.5 Å². The maximum absolute atomic E-state index is 12.5. The number of aromatic nitrogens is 2. The van der Waals surface area contributed by atoms with Crippen molar-refractivity contribution in [2.45, 2.75) is 18.8 Å². The molecule has 0 atom stereocenters. The molecule has 5 nitrogen and oxygen atoms in total. The summed E-state index contributed by atoms with van der Waals surface area (Å²) in [6.07, 6.45) is 2.06. The second kappa shape index (κ2) is 5.46. The van der Waals surface area contributed by atoms with E-state index in [0.29, 0.717) is 28.1 Å². The lowest BCUT2D eigenvalue weighted by molar-refractivity contribution is 0.935. The Kier molecular flexibility index (Phi) is 3.39. The van der Waals surface area contributed by atoms with E-state index in [2.05, 4.69) is 27.0 Å². The standard InChI is InChI=1S/C18H12BrN3O2/c19-14-3-1-2-4-15(14)22-16-8-12(10-5-6-10)11(9-20)7-13(16)17(23)21-18(22)24/h1-4,7-8,10H,5-6H2,(H,21,23,24). The molecular weight excluding hydrogens is 370 g/mol. The van der Waals surface area contributed by atoms with Gasteiger partial charge >= 0.3 is 5.69 Å². The van der Waals surface area contributed by atoms with Crippen molar-refractivity contribution in [3.8, 4) is 11.8 Å². The molecule has 0 amide bonds. The van der Waals surface area contributed by atoms with Crippen LogP contribution in [0.5, 0.6) is 0 Å².